The van der Waals surface area contributed by atoms with E-state index in [1.54, 1.807) is 48.5 Å². The Bertz CT molecular complexity index is 1100. The van der Waals surface area contributed by atoms with Crippen LogP contribution in [0.1, 0.15) is 25.7 Å². The minimum Gasteiger partial charge on any atom is -0.369 e. The molecule has 2 rings (SSSR count). The second-order valence-electron chi connectivity index (χ2n) is 7.67. The van der Waals surface area contributed by atoms with Gasteiger partial charge in [-0.1, -0.05) is 36.0 Å². The topological polar surface area (TPSA) is 255 Å². The molecular formula is C22H34Cl2FN10O4P. The number of hydrogen-bond donors (Lipinski definition) is 9. The van der Waals surface area contributed by atoms with E-state index in [4.69, 9.17) is 65.4 Å². The number of anilines is 2. The molecule has 0 heterocycles. The molecule has 0 aliphatic carbocycles. The second kappa shape index (κ2) is 19.6. The minimum atomic E-state index is -4.64. The zero-order chi connectivity index (χ0) is 29.3. The van der Waals surface area contributed by atoms with Crippen LogP contribution in [0.3, 0.4) is 0 Å². The third kappa shape index (κ3) is 20.5. The quantitative estimate of drug-likeness (QED) is 0.0854. The Morgan fingerprint density at radius 3 is 1.27 bits per heavy atom. The summed E-state index contributed by atoms with van der Waals surface area (Å²) in [5.74, 6) is 0.564. The number of hydrogen-bond acceptors (Lipinski definition) is 3. The summed E-state index contributed by atoms with van der Waals surface area (Å²) < 4.78 is 8.88. The van der Waals surface area contributed by atoms with Crippen molar-refractivity contribution in [2.24, 2.45) is 42.9 Å². The lowest BCUT2D eigenvalue weighted by Crippen LogP contribution is -2.26. The largest absolute Gasteiger partial charge is 0.466 e. The summed E-state index contributed by atoms with van der Waals surface area (Å²) in [4.78, 5) is 38.0. The summed E-state index contributed by atoms with van der Waals surface area (Å²) in [7, 11) is -4.64. The van der Waals surface area contributed by atoms with E-state index in [2.05, 4.69) is 30.6 Å². The molecule has 0 amide bonds. The molecule has 0 unspecified atom stereocenters. The van der Waals surface area contributed by atoms with Crippen molar-refractivity contribution in [3.63, 3.8) is 0 Å². The number of benzene rings is 2. The van der Waals surface area contributed by atoms with Gasteiger partial charge in [0.1, 0.15) is 0 Å². The number of nitrogens with two attached hydrogens (primary N) is 4. The fraction of sp³-hybridized carbons (Fsp3) is 0.273. The van der Waals surface area contributed by atoms with Crippen molar-refractivity contribution >= 4 is 66.2 Å². The van der Waals surface area contributed by atoms with Gasteiger partial charge in [-0.2, -0.15) is 9.98 Å². The van der Waals surface area contributed by atoms with E-state index in [1.165, 1.54) is 0 Å². The number of halogens is 3. The van der Waals surface area contributed by atoms with E-state index in [1.807, 2.05) is 0 Å². The van der Waals surface area contributed by atoms with Gasteiger partial charge >= 0.3 is 7.82 Å². The molecule has 14 nitrogen and oxygen atoms in total. The molecule has 0 fully saturated rings. The molecular weight excluding hydrogens is 589 g/mol. The maximum absolute atomic E-state index is 8.88. The smallest absolute Gasteiger partial charge is 0.369 e. The maximum Gasteiger partial charge on any atom is 0.466 e. The number of nitrogens with one attached hydrogen (secondary N) is 2. The van der Waals surface area contributed by atoms with Crippen molar-refractivity contribution in [2.75, 3.05) is 23.7 Å². The Labute approximate surface area is 240 Å². The van der Waals surface area contributed by atoms with Crippen LogP contribution in [0.25, 0.3) is 0 Å². The molecule has 0 aromatic heterocycles. The van der Waals surface area contributed by atoms with Crippen molar-refractivity contribution in [1.82, 2.24) is 0 Å². The van der Waals surface area contributed by atoms with Crippen molar-refractivity contribution in [3.05, 3.63) is 58.6 Å². The van der Waals surface area contributed by atoms with Gasteiger partial charge in [0.2, 0.25) is 23.8 Å². The molecule has 2 aromatic rings. The summed E-state index contributed by atoms with van der Waals surface area (Å²) in [5, 5.41) is 7.11. The highest BCUT2D eigenvalue weighted by Gasteiger charge is 2.00. The lowest BCUT2D eigenvalue weighted by molar-refractivity contribution is 0.275. The first kappa shape index (κ1) is 36.5. The molecule has 0 saturated heterocycles. The number of rotatable bonds is 9. The Hall–Kier alpha value is -3.46. The third-order valence-electron chi connectivity index (χ3n) is 4.32. The van der Waals surface area contributed by atoms with Gasteiger partial charge < -0.3 is 48.2 Å². The van der Waals surface area contributed by atoms with Crippen molar-refractivity contribution < 1.29 is 23.9 Å². The maximum atomic E-state index is 8.88. The van der Waals surface area contributed by atoms with Gasteiger partial charge in [0.05, 0.1) is 0 Å². The SMILES string of the molecule is F.NC(=NCCCCCCN=C(N)N=C(N)Nc1ccc(Cl)cc1)N=C(N)Nc1ccc(Cl)cc1.O=P(O)(O)O. The van der Waals surface area contributed by atoms with Crippen LogP contribution in [0, 0.1) is 0 Å². The molecule has 13 N–H and O–H groups in total. The average Bonchev–Trinajstić information content (AvgIpc) is 2.82. The van der Waals surface area contributed by atoms with E-state index in [0.717, 1.165) is 37.1 Å². The standard InChI is InChI=1S/C22H30Cl2N10.FH.H3O4P/c23-15-5-9-17(10-6-15)31-21(27)33-19(25)29-13-3-1-2-4-14-30-20(26)34-22(28)32-18-11-7-16(24)8-12-18;;1-5(2,3)4/h5-12H,1-4,13-14H2,(H5,25,27,29,31,33)(H5,26,28,30,32,34);1H;(H3,1,2,3,4). The van der Waals surface area contributed by atoms with Crippen LogP contribution in [0.15, 0.2) is 68.5 Å². The van der Waals surface area contributed by atoms with Gasteiger partial charge in [0, 0.05) is 34.5 Å². The predicted octanol–water partition coefficient (Wildman–Crippen LogP) is 2.56. The number of guanidine groups is 4. The molecule has 0 saturated carbocycles. The fourth-order valence-corrected chi connectivity index (χ4v) is 2.95. The minimum absolute atomic E-state index is 0. The summed E-state index contributed by atoms with van der Waals surface area (Å²) in [6, 6.07) is 14.1. The molecule has 0 radical (unpaired) electrons. The zero-order valence-corrected chi connectivity index (χ0v) is 23.7. The zero-order valence-electron chi connectivity index (χ0n) is 21.3. The molecule has 0 bridgehead atoms. The highest BCUT2D eigenvalue weighted by Crippen LogP contribution is 2.25. The molecule has 222 valence electrons. The number of nitrogens with zero attached hydrogens (tertiary/aromatic N) is 4. The Morgan fingerprint density at radius 2 is 0.975 bits per heavy atom. The summed E-state index contributed by atoms with van der Waals surface area (Å²) in [6.07, 6.45) is 3.68. The van der Waals surface area contributed by atoms with Gasteiger partial charge in [-0.3, -0.25) is 14.7 Å². The van der Waals surface area contributed by atoms with Gasteiger partial charge in [-0.25, -0.2) is 4.57 Å². The van der Waals surface area contributed by atoms with E-state index in [9.17, 15) is 0 Å². The fourth-order valence-electron chi connectivity index (χ4n) is 2.70. The van der Waals surface area contributed by atoms with Gasteiger partial charge in [-0.15, -0.1) is 0 Å². The van der Waals surface area contributed by atoms with Crippen LogP contribution in [0.2, 0.25) is 10.0 Å². The highest BCUT2D eigenvalue weighted by atomic mass is 35.5. The first-order chi connectivity index (χ1) is 18.3. The Morgan fingerprint density at radius 1 is 0.675 bits per heavy atom. The Balaban J connectivity index is 0.00000232. The third-order valence-corrected chi connectivity index (χ3v) is 4.82. The summed E-state index contributed by atoms with van der Waals surface area (Å²) in [5.41, 5.74) is 24.8. The van der Waals surface area contributed by atoms with Crippen LogP contribution >= 0.6 is 31.0 Å². The van der Waals surface area contributed by atoms with E-state index >= 15 is 0 Å². The second-order valence-corrected chi connectivity index (χ2v) is 9.56. The molecule has 18 heteroatoms. The molecule has 0 spiro atoms. The van der Waals surface area contributed by atoms with Crippen LogP contribution in [-0.4, -0.2) is 51.6 Å². The predicted molar refractivity (Wildman–Crippen MR) is 162 cm³/mol. The monoisotopic (exact) mass is 622 g/mol. The highest BCUT2D eigenvalue weighted by molar-refractivity contribution is 7.45. The van der Waals surface area contributed by atoms with Crippen LogP contribution in [0.4, 0.5) is 16.1 Å². The van der Waals surface area contributed by atoms with Crippen LogP contribution in [-0.2, 0) is 4.57 Å². The number of unbranched alkanes of at least 4 members (excludes halogenated alkanes) is 3. The molecule has 0 aliphatic rings. The molecule has 2 aromatic carbocycles. The molecule has 40 heavy (non-hydrogen) atoms. The van der Waals surface area contributed by atoms with E-state index in [-0.39, 0.29) is 28.5 Å². The van der Waals surface area contributed by atoms with Gasteiger partial charge in [0.15, 0.2) is 0 Å². The molecule has 0 aliphatic heterocycles. The normalized spacial score (nSPS) is 12.6. The van der Waals surface area contributed by atoms with Crippen molar-refractivity contribution in [3.8, 4) is 0 Å². The van der Waals surface area contributed by atoms with E-state index in [0.29, 0.717) is 23.1 Å². The van der Waals surface area contributed by atoms with Crippen LogP contribution in [0.5, 0.6) is 0 Å². The van der Waals surface area contributed by atoms with E-state index < -0.39 is 7.82 Å². The number of aliphatic imine (C=N–C) groups is 4. The first-order valence-electron chi connectivity index (χ1n) is 11.4. The van der Waals surface area contributed by atoms with Crippen molar-refractivity contribution in [1.29, 1.82) is 0 Å². The van der Waals surface area contributed by atoms with Crippen LogP contribution < -0.4 is 33.6 Å². The Kier molecular flexibility index (Phi) is 17.9. The first-order valence-corrected chi connectivity index (χ1v) is 13.8. The lowest BCUT2D eigenvalue weighted by Gasteiger charge is -2.05. The van der Waals surface area contributed by atoms with Crippen molar-refractivity contribution in [2.45, 2.75) is 25.7 Å². The summed E-state index contributed by atoms with van der Waals surface area (Å²) in [6.45, 7) is 1.12. The van der Waals surface area contributed by atoms with Gasteiger partial charge in [0.25, 0.3) is 0 Å². The van der Waals surface area contributed by atoms with Gasteiger partial charge in [-0.05, 0) is 61.4 Å². The lowest BCUT2D eigenvalue weighted by atomic mass is 10.2. The summed E-state index contributed by atoms with van der Waals surface area (Å²) >= 11 is 11.7. The number of phosphoric acid groups is 1. The molecule has 0 atom stereocenters. The average molecular weight is 623 g/mol.